The van der Waals surface area contributed by atoms with E-state index in [-0.39, 0.29) is 5.41 Å². The predicted molar refractivity (Wildman–Crippen MR) is 140 cm³/mol. The maximum absolute atomic E-state index is 10.4. The summed E-state index contributed by atoms with van der Waals surface area (Å²) in [5.74, 6) is 2.67. The Balaban J connectivity index is 1.59. The first-order valence-electron chi connectivity index (χ1n) is 14.3. The summed E-state index contributed by atoms with van der Waals surface area (Å²) in [5.41, 5.74) is 2.01. The molecular formula is C31H54O3. The molecule has 0 spiro atoms. The van der Waals surface area contributed by atoms with Gasteiger partial charge in [-0.15, -0.1) is 0 Å². The van der Waals surface area contributed by atoms with E-state index in [1.54, 1.807) is 19.4 Å². The highest BCUT2D eigenvalue weighted by atomic mass is 16.5. The Kier molecular flexibility index (Phi) is 6.74. The minimum Gasteiger partial charge on any atom is -0.390 e. The highest BCUT2D eigenvalue weighted by Crippen LogP contribution is 2.73. The van der Waals surface area contributed by atoms with Crippen LogP contribution in [0.4, 0.5) is 0 Å². The van der Waals surface area contributed by atoms with Gasteiger partial charge in [-0.05, 0) is 117 Å². The molecule has 196 valence electrons. The molecule has 0 aliphatic heterocycles. The number of fused-ring (bicyclic) bond motifs is 5. The van der Waals surface area contributed by atoms with Crippen LogP contribution in [0.5, 0.6) is 0 Å². The summed E-state index contributed by atoms with van der Waals surface area (Å²) in [6.07, 6.45) is 13.1. The van der Waals surface area contributed by atoms with Crippen molar-refractivity contribution < 1.29 is 14.9 Å². The summed E-state index contributed by atoms with van der Waals surface area (Å²) in [4.78, 5) is 0. The summed E-state index contributed by atoms with van der Waals surface area (Å²) in [5, 5.41) is 20.6. The predicted octanol–water partition coefficient (Wildman–Crippen LogP) is 7.15. The molecule has 3 nitrogen and oxygen atoms in total. The SMILES string of the molecule is CO[C@H]1CC[C@]2(C)C3=CC[C@]4(C)[C@H]([C@H](C)CC[C@H](O)C(C)(C)O)CC[C@@]4(C)[C@@H]3CC[C@H]2C1(C)C. The average Bonchev–Trinajstić information content (AvgIpc) is 3.02. The molecule has 3 heteroatoms. The van der Waals surface area contributed by atoms with Crippen LogP contribution in [0, 0.1) is 45.3 Å². The van der Waals surface area contributed by atoms with Crippen LogP contribution in [-0.4, -0.2) is 35.1 Å². The highest BCUT2D eigenvalue weighted by molar-refractivity contribution is 5.32. The second kappa shape index (κ2) is 8.59. The summed E-state index contributed by atoms with van der Waals surface area (Å²) in [6.45, 7) is 18.6. The molecular weight excluding hydrogens is 420 g/mol. The molecule has 0 radical (unpaired) electrons. The zero-order valence-electron chi connectivity index (χ0n) is 23.7. The second-order valence-corrected chi connectivity index (χ2v) is 14.8. The smallest absolute Gasteiger partial charge is 0.0849 e. The van der Waals surface area contributed by atoms with Crippen molar-refractivity contribution in [3.63, 3.8) is 0 Å². The molecule has 0 bridgehead atoms. The fourth-order valence-corrected chi connectivity index (χ4v) is 10.1. The van der Waals surface area contributed by atoms with Crippen LogP contribution in [0.2, 0.25) is 0 Å². The standard InChI is InChI=1S/C31H54O3/c1-20(10-13-25(32)28(4,5)33)21-14-18-31(8)23-11-12-24-27(2,3)26(34-9)16-17-29(24,6)22(23)15-19-30(21,31)7/h15,20-21,23-26,32-33H,10-14,16-19H2,1-9H3/t20-,21+,23-,24+,25+,26+,29-,30-,31+/m1/s1. The molecule has 4 aliphatic rings. The number of rotatable bonds is 6. The summed E-state index contributed by atoms with van der Waals surface area (Å²) < 4.78 is 5.99. The number of allylic oxidation sites excluding steroid dienone is 2. The van der Waals surface area contributed by atoms with Gasteiger partial charge in [0.2, 0.25) is 0 Å². The van der Waals surface area contributed by atoms with Gasteiger partial charge in [-0.25, -0.2) is 0 Å². The maximum Gasteiger partial charge on any atom is 0.0849 e. The van der Waals surface area contributed by atoms with E-state index in [0.717, 1.165) is 6.42 Å². The molecule has 0 aromatic carbocycles. The lowest BCUT2D eigenvalue weighted by atomic mass is 9.41. The molecule has 0 unspecified atom stereocenters. The van der Waals surface area contributed by atoms with E-state index in [1.165, 1.54) is 44.9 Å². The molecule has 0 saturated heterocycles. The monoisotopic (exact) mass is 474 g/mol. The van der Waals surface area contributed by atoms with Gasteiger partial charge in [0.15, 0.2) is 0 Å². The quantitative estimate of drug-likeness (QED) is 0.402. The molecule has 9 atom stereocenters. The van der Waals surface area contributed by atoms with E-state index < -0.39 is 11.7 Å². The van der Waals surface area contributed by atoms with Crippen LogP contribution in [-0.2, 0) is 4.74 Å². The van der Waals surface area contributed by atoms with Crippen molar-refractivity contribution in [2.45, 2.75) is 131 Å². The molecule has 4 rings (SSSR count). The Morgan fingerprint density at radius 1 is 1.00 bits per heavy atom. The molecule has 4 aliphatic carbocycles. The third kappa shape index (κ3) is 3.77. The van der Waals surface area contributed by atoms with Crippen LogP contribution in [0.25, 0.3) is 0 Å². The van der Waals surface area contributed by atoms with E-state index in [0.29, 0.717) is 52.4 Å². The topological polar surface area (TPSA) is 49.7 Å². The fraction of sp³-hybridized carbons (Fsp3) is 0.935. The van der Waals surface area contributed by atoms with Crippen molar-refractivity contribution in [1.29, 1.82) is 0 Å². The Bertz CT molecular complexity index is 793. The molecule has 34 heavy (non-hydrogen) atoms. The molecule has 3 fully saturated rings. The summed E-state index contributed by atoms with van der Waals surface area (Å²) >= 11 is 0. The highest BCUT2D eigenvalue weighted by Gasteiger charge is 2.65. The number of aliphatic hydroxyl groups excluding tert-OH is 1. The lowest BCUT2D eigenvalue weighted by molar-refractivity contribution is -0.130. The van der Waals surface area contributed by atoms with E-state index in [9.17, 15) is 10.2 Å². The van der Waals surface area contributed by atoms with Crippen LogP contribution >= 0.6 is 0 Å². The summed E-state index contributed by atoms with van der Waals surface area (Å²) in [7, 11) is 1.91. The first-order chi connectivity index (χ1) is 15.6. The lowest BCUT2D eigenvalue weighted by Crippen LogP contribution is -2.58. The lowest BCUT2D eigenvalue weighted by Gasteiger charge is -2.64. The Morgan fingerprint density at radius 2 is 1.68 bits per heavy atom. The third-order valence-electron chi connectivity index (χ3n) is 12.5. The molecule has 2 N–H and O–H groups in total. The normalized spacial score (nSPS) is 45.6. The minimum atomic E-state index is -1.01. The summed E-state index contributed by atoms with van der Waals surface area (Å²) in [6, 6.07) is 0. The number of methoxy groups -OCH3 is 1. The van der Waals surface area contributed by atoms with Gasteiger partial charge < -0.3 is 14.9 Å². The van der Waals surface area contributed by atoms with Crippen LogP contribution in [0.15, 0.2) is 11.6 Å². The number of hydrogen-bond donors (Lipinski definition) is 2. The fourth-order valence-electron chi connectivity index (χ4n) is 10.1. The van der Waals surface area contributed by atoms with E-state index >= 15 is 0 Å². The van der Waals surface area contributed by atoms with Crippen LogP contribution in [0.1, 0.15) is 113 Å². The maximum atomic E-state index is 10.4. The van der Waals surface area contributed by atoms with Crippen molar-refractivity contribution in [3.05, 3.63) is 11.6 Å². The minimum absolute atomic E-state index is 0.225. The third-order valence-corrected chi connectivity index (χ3v) is 12.5. The van der Waals surface area contributed by atoms with Gasteiger partial charge in [-0.3, -0.25) is 0 Å². The van der Waals surface area contributed by atoms with Gasteiger partial charge in [0.1, 0.15) is 0 Å². The van der Waals surface area contributed by atoms with Crippen LogP contribution < -0.4 is 0 Å². The van der Waals surface area contributed by atoms with Crippen molar-refractivity contribution in [1.82, 2.24) is 0 Å². The average molecular weight is 475 g/mol. The van der Waals surface area contributed by atoms with Gasteiger partial charge in [-0.1, -0.05) is 53.2 Å². The Hall–Kier alpha value is -0.380. The van der Waals surface area contributed by atoms with Gasteiger partial charge in [-0.2, -0.15) is 0 Å². The van der Waals surface area contributed by atoms with Crippen molar-refractivity contribution in [2.75, 3.05) is 7.11 Å². The molecule has 0 amide bonds. The number of ether oxygens (including phenoxy) is 1. The van der Waals surface area contributed by atoms with Crippen molar-refractivity contribution >= 4 is 0 Å². The van der Waals surface area contributed by atoms with Crippen LogP contribution in [0.3, 0.4) is 0 Å². The van der Waals surface area contributed by atoms with E-state index in [4.69, 9.17) is 4.74 Å². The molecule has 0 heterocycles. The second-order valence-electron chi connectivity index (χ2n) is 14.8. The van der Waals surface area contributed by atoms with Gasteiger partial charge in [0, 0.05) is 7.11 Å². The number of aliphatic hydroxyl groups is 2. The molecule has 0 aromatic heterocycles. The van der Waals surface area contributed by atoms with E-state index in [1.807, 2.05) is 7.11 Å². The molecule has 0 aromatic rings. The zero-order valence-corrected chi connectivity index (χ0v) is 23.7. The van der Waals surface area contributed by atoms with E-state index in [2.05, 4.69) is 47.6 Å². The zero-order chi connectivity index (χ0) is 25.3. The largest absolute Gasteiger partial charge is 0.390 e. The van der Waals surface area contributed by atoms with Crippen molar-refractivity contribution in [2.24, 2.45) is 45.3 Å². The Morgan fingerprint density at radius 3 is 2.29 bits per heavy atom. The first kappa shape index (κ1) is 26.7. The Labute approximate surface area is 210 Å². The van der Waals surface area contributed by atoms with Gasteiger partial charge in [0.25, 0.3) is 0 Å². The van der Waals surface area contributed by atoms with Gasteiger partial charge >= 0.3 is 0 Å². The first-order valence-corrected chi connectivity index (χ1v) is 14.3. The van der Waals surface area contributed by atoms with Crippen molar-refractivity contribution in [3.8, 4) is 0 Å². The number of hydrogen-bond acceptors (Lipinski definition) is 3. The molecule has 3 saturated carbocycles. The van der Waals surface area contributed by atoms with Gasteiger partial charge in [0.05, 0.1) is 17.8 Å².